The fourth-order valence-corrected chi connectivity index (χ4v) is 2.69. The summed E-state index contributed by atoms with van der Waals surface area (Å²) in [7, 11) is 3.33. The number of aromatic nitrogens is 4. The van der Waals surface area contributed by atoms with Gasteiger partial charge >= 0.3 is 0 Å². The van der Waals surface area contributed by atoms with E-state index < -0.39 is 4.92 Å². The summed E-state index contributed by atoms with van der Waals surface area (Å²) in [5.74, 6) is 0.951. The fraction of sp³-hybridized carbons (Fsp3) is 0.111. The van der Waals surface area contributed by atoms with Crippen LogP contribution in [0.15, 0.2) is 55.1 Å². The molecule has 27 heavy (non-hydrogen) atoms. The van der Waals surface area contributed by atoms with Crippen LogP contribution >= 0.6 is 0 Å². The Morgan fingerprint density at radius 2 is 1.96 bits per heavy atom. The molecule has 0 spiro atoms. The van der Waals surface area contributed by atoms with E-state index in [1.54, 1.807) is 16.9 Å². The van der Waals surface area contributed by atoms with Crippen molar-refractivity contribution in [3.05, 3.63) is 65.2 Å². The number of nitro benzene ring substituents is 1. The van der Waals surface area contributed by atoms with Crippen LogP contribution in [-0.2, 0) is 7.05 Å². The van der Waals surface area contributed by atoms with Crippen molar-refractivity contribution in [3.8, 4) is 28.6 Å². The van der Waals surface area contributed by atoms with Gasteiger partial charge in [0.1, 0.15) is 0 Å². The van der Waals surface area contributed by atoms with E-state index in [1.807, 2.05) is 36.1 Å². The number of pyridine rings is 1. The maximum Gasteiger partial charge on any atom is 0.273 e. The summed E-state index contributed by atoms with van der Waals surface area (Å²) in [6.45, 7) is 0. The van der Waals surface area contributed by atoms with Crippen molar-refractivity contribution in [2.24, 2.45) is 7.05 Å². The van der Waals surface area contributed by atoms with Crippen LogP contribution in [0, 0.1) is 10.1 Å². The number of fused-ring (bicyclic) bond motifs is 1. The molecule has 0 atom stereocenters. The zero-order chi connectivity index (χ0) is 19.0. The highest BCUT2D eigenvalue weighted by atomic mass is 16.6. The molecule has 4 rings (SSSR count). The molecule has 0 fully saturated rings. The lowest BCUT2D eigenvalue weighted by molar-refractivity contribution is -0.384. The Balaban J connectivity index is 1.66. The summed E-state index contributed by atoms with van der Waals surface area (Å²) in [6, 6.07) is 9.78. The first kappa shape index (κ1) is 16.6. The molecular weight excluding hydrogens is 350 g/mol. The summed E-state index contributed by atoms with van der Waals surface area (Å²) < 4.78 is 14.5. The molecule has 0 saturated carbocycles. The van der Waals surface area contributed by atoms with Crippen LogP contribution in [0.3, 0.4) is 0 Å². The Morgan fingerprint density at radius 3 is 2.67 bits per heavy atom. The Kier molecular flexibility index (Phi) is 3.96. The van der Waals surface area contributed by atoms with Gasteiger partial charge in [-0.2, -0.15) is 0 Å². The van der Waals surface area contributed by atoms with Crippen molar-refractivity contribution in [3.63, 3.8) is 0 Å². The number of nitrogens with zero attached hydrogens (tertiary/aromatic N) is 5. The molecule has 9 heteroatoms. The zero-order valence-electron chi connectivity index (χ0n) is 14.6. The molecule has 0 aliphatic carbocycles. The minimum absolute atomic E-state index is 0.0748. The number of rotatable bonds is 5. The van der Waals surface area contributed by atoms with Crippen molar-refractivity contribution in [2.45, 2.75) is 0 Å². The van der Waals surface area contributed by atoms with Crippen LogP contribution in [0.2, 0.25) is 0 Å². The van der Waals surface area contributed by atoms with Crippen LogP contribution in [0.1, 0.15) is 0 Å². The molecule has 0 bridgehead atoms. The van der Waals surface area contributed by atoms with Crippen LogP contribution in [0.5, 0.6) is 17.4 Å². The third-order valence-electron chi connectivity index (χ3n) is 4.01. The SMILES string of the molecule is COc1cc([N+](=O)[O-])ccc1Oc1cc2ccc(-c3cn(C)cn3)cn2n1. The van der Waals surface area contributed by atoms with Gasteiger partial charge in [0.25, 0.3) is 5.69 Å². The number of non-ortho nitro benzene ring substituents is 1. The van der Waals surface area contributed by atoms with E-state index in [0.717, 1.165) is 16.8 Å². The Labute approximate surface area is 153 Å². The van der Waals surface area contributed by atoms with E-state index in [2.05, 4.69) is 10.1 Å². The standard InChI is InChI=1S/C18H15N5O4/c1-21-10-15(19-11-21)12-3-4-13-8-18(20-22(13)9-12)27-16-6-5-14(23(24)25)7-17(16)26-2/h3-11H,1-2H3. The first-order valence-corrected chi connectivity index (χ1v) is 8.01. The van der Waals surface area contributed by atoms with Crippen LogP contribution in [0.25, 0.3) is 16.8 Å². The molecule has 0 aliphatic rings. The minimum atomic E-state index is -0.490. The lowest BCUT2D eigenvalue weighted by Crippen LogP contribution is -1.94. The highest BCUT2D eigenvalue weighted by Gasteiger charge is 2.14. The highest BCUT2D eigenvalue weighted by Crippen LogP contribution is 2.34. The van der Waals surface area contributed by atoms with Crippen molar-refractivity contribution in [1.29, 1.82) is 0 Å². The Hall–Kier alpha value is -3.88. The summed E-state index contributed by atoms with van der Waals surface area (Å²) in [6.07, 6.45) is 5.51. The molecule has 3 heterocycles. The number of nitro groups is 1. The van der Waals surface area contributed by atoms with E-state index in [-0.39, 0.29) is 11.4 Å². The van der Waals surface area contributed by atoms with Gasteiger partial charge in [0.05, 0.1) is 35.6 Å². The second-order valence-electron chi connectivity index (χ2n) is 5.89. The van der Waals surface area contributed by atoms with E-state index in [0.29, 0.717) is 11.6 Å². The van der Waals surface area contributed by atoms with Crippen molar-refractivity contribution in [2.75, 3.05) is 7.11 Å². The fourth-order valence-electron chi connectivity index (χ4n) is 2.69. The third kappa shape index (κ3) is 3.17. The number of hydrogen-bond acceptors (Lipinski definition) is 6. The average Bonchev–Trinajstić information content (AvgIpc) is 3.26. The van der Waals surface area contributed by atoms with E-state index in [1.165, 1.54) is 25.3 Å². The Morgan fingerprint density at radius 1 is 1.11 bits per heavy atom. The lowest BCUT2D eigenvalue weighted by Gasteiger charge is -2.07. The maximum absolute atomic E-state index is 10.9. The minimum Gasteiger partial charge on any atom is -0.493 e. The molecule has 0 unspecified atom stereocenters. The molecule has 0 amide bonds. The van der Waals surface area contributed by atoms with Crippen LogP contribution in [0.4, 0.5) is 5.69 Å². The molecule has 0 N–H and O–H groups in total. The molecule has 4 aromatic rings. The normalized spacial score (nSPS) is 10.9. The number of hydrogen-bond donors (Lipinski definition) is 0. The quantitative estimate of drug-likeness (QED) is 0.397. The van der Waals surface area contributed by atoms with Gasteiger partial charge in [-0.1, -0.05) is 0 Å². The summed E-state index contributed by atoms with van der Waals surface area (Å²) in [5, 5.41) is 15.3. The van der Waals surface area contributed by atoms with Crippen molar-refractivity contribution in [1.82, 2.24) is 19.2 Å². The predicted molar refractivity (Wildman–Crippen MR) is 97.1 cm³/mol. The smallest absolute Gasteiger partial charge is 0.273 e. The van der Waals surface area contributed by atoms with Gasteiger partial charge in [-0.15, -0.1) is 5.10 Å². The lowest BCUT2D eigenvalue weighted by atomic mass is 10.2. The monoisotopic (exact) mass is 365 g/mol. The molecule has 0 radical (unpaired) electrons. The second-order valence-corrected chi connectivity index (χ2v) is 5.89. The van der Waals surface area contributed by atoms with E-state index >= 15 is 0 Å². The summed E-state index contributed by atoms with van der Waals surface area (Å²) in [5.41, 5.74) is 2.53. The summed E-state index contributed by atoms with van der Waals surface area (Å²) >= 11 is 0. The number of benzene rings is 1. The number of imidazole rings is 1. The predicted octanol–water partition coefficient (Wildman–Crippen LogP) is 3.44. The topological polar surface area (TPSA) is 96.7 Å². The van der Waals surface area contributed by atoms with Gasteiger partial charge in [0.15, 0.2) is 11.5 Å². The zero-order valence-corrected chi connectivity index (χ0v) is 14.6. The number of ether oxygens (including phenoxy) is 2. The summed E-state index contributed by atoms with van der Waals surface area (Å²) in [4.78, 5) is 14.7. The number of methoxy groups -OCH3 is 1. The molecule has 136 valence electrons. The third-order valence-corrected chi connectivity index (χ3v) is 4.01. The van der Waals surface area contributed by atoms with Gasteiger partial charge in [-0.3, -0.25) is 10.1 Å². The first-order chi connectivity index (χ1) is 13.0. The van der Waals surface area contributed by atoms with Gasteiger partial charge in [-0.05, 0) is 18.2 Å². The van der Waals surface area contributed by atoms with Crippen LogP contribution < -0.4 is 9.47 Å². The maximum atomic E-state index is 10.9. The molecule has 0 saturated heterocycles. The second kappa shape index (κ2) is 6.45. The largest absolute Gasteiger partial charge is 0.493 e. The molecule has 0 aliphatic heterocycles. The van der Waals surface area contributed by atoms with E-state index in [4.69, 9.17) is 9.47 Å². The van der Waals surface area contributed by atoms with Gasteiger partial charge < -0.3 is 14.0 Å². The van der Waals surface area contributed by atoms with E-state index in [9.17, 15) is 10.1 Å². The molecule has 1 aromatic carbocycles. The average molecular weight is 365 g/mol. The molecule has 3 aromatic heterocycles. The van der Waals surface area contributed by atoms with Crippen molar-refractivity contribution < 1.29 is 14.4 Å². The van der Waals surface area contributed by atoms with Gasteiger partial charge in [0, 0.05) is 37.1 Å². The number of aryl methyl sites for hydroxylation is 1. The Bertz CT molecular complexity index is 1150. The van der Waals surface area contributed by atoms with Gasteiger partial charge in [-0.25, -0.2) is 9.50 Å². The highest BCUT2D eigenvalue weighted by molar-refractivity contribution is 5.62. The molecular formula is C18H15N5O4. The van der Waals surface area contributed by atoms with Gasteiger partial charge in [0.2, 0.25) is 5.88 Å². The first-order valence-electron chi connectivity index (χ1n) is 8.01. The van der Waals surface area contributed by atoms with Crippen molar-refractivity contribution >= 4 is 11.2 Å². The van der Waals surface area contributed by atoms with Crippen LogP contribution in [-0.4, -0.2) is 31.2 Å². The molecule has 9 nitrogen and oxygen atoms in total.